The summed E-state index contributed by atoms with van der Waals surface area (Å²) in [5, 5.41) is 13.0. The fourth-order valence-corrected chi connectivity index (χ4v) is 2.56. The van der Waals surface area contributed by atoms with E-state index in [9.17, 15) is 9.59 Å². The van der Waals surface area contributed by atoms with E-state index in [1.165, 1.54) is 5.38 Å². The van der Waals surface area contributed by atoms with Gasteiger partial charge in [-0.3, -0.25) is 4.79 Å². The van der Waals surface area contributed by atoms with Crippen LogP contribution < -0.4 is 5.32 Å². The van der Waals surface area contributed by atoms with E-state index in [4.69, 9.17) is 5.11 Å². The van der Waals surface area contributed by atoms with Gasteiger partial charge in [0, 0.05) is 11.9 Å². The molecule has 1 rings (SSSR count). The number of hydrogen-bond acceptors (Lipinski definition) is 5. The molecule has 5 nitrogen and oxygen atoms in total. The Kier molecular flexibility index (Phi) is 5.43. The molecule has 0 saturated carbocycles. The number of nitrogens with one attached hydrogen (secondary N) is 1. The zero-order chi connectivity index (χ0) is 12.8. The van der Waals surface area contributed by atoms with Crippen LogP contribution in [-0.4, -0.2) is 40.5 Å². The summed E-state index contributed by atoms with van der Waals surface area (Å²) >= 11 is 2.77. The van der Waals surface area contributed by atoms with Crippen LogP contribution in [0.3, 0.4) is 0 Å². The molecule has 0 spiro atoms. The molecule has 1 unspecified atom stereocenters. The van der Waals surface area contributed by atoms with Crippen LogP contribution in [0.15, 0.2) is 5.38 Å². The molecule has 1 atom stereocenters. The second-order valence-corrected chi connectivity index (χ2v) is 5.38. The van der Waals surface area contributed by atoms with Gasteiger partial charge in [-0.05, 0) is 17.9 Å². The van der Waals surface area contributed by atoms with Crippen LogP contribution in [-0.2, 0) is 0 Å². The Balaban J connectivity index is 2.49. The SMILES string of the molecule is CSCC(C)CNC(=O)c1nc(C(=O)O)cs1. The van der Waals surface area contributed by atoms with Gasteiger partial charge in [-0.25, -0.2) is 9.78 Å². The molecule has 1 aromatic heterocycles. The molecule has 0 saturated heterocycles. The highest BCUT2D eigenvalue weighted by molar-refractivity contribution is 7.98. The largest absolute Gasteiger partial charge is 0.476 e. The normalized spacial score (nSPS) is 12.1. The summed E-state index contributed by atoms with van der Waals surface area (Å²) in [4.78, 5) is 26.0. The molecular formula is C10H14N2O3S2. The van der Waals surface area contributed by atoms with Crippen molar-refractivity contribution >= 4 is 35.0 Å². The van der Waals surface area contributed by atoms with Crippen LogP contribution >= 0.6 is 23.1 Å². The highest BCUT2D eigenvalue weighted by Gasteiger charge is 2.14. The molecule has 1 heterocycles. The van der Waals surface area contributed by atoms with Gasteiger partial charge in [-0.1, -0.05) is 6.92 Å². The Labute approximate surface area is 108 Å². The lowest BCUT2D eigenvalue weighted by Gasteiger charge is -2.09. The van der Waals surface area contributed by atoms with Crippen molar-refractivity contribution < 1.29 is 14.7 Å². The van der Waals surface area contributed by atoms with Crippen molar-refractivity contribution in [1.82, 2.24) is 10.3 Å². The van der Waals surface area contributed by atoms with E-state index in [0.29, 0.717) is 12.5 Å². The number of carbonyl (C=O) groups is 2. The average Bonchev–Trinajstić information content (AvgIpc) is 2.75. The van der Waals surface area contributed by atoms with E-state index >= 15 is 0 Å². The molecule has 1 aromatic rings. The standard InChI is InChI=1S/C10H14N2O3S2/c1-6(4-16-2)3-11-8(13)9-12-7(5-17-9)10(14)15/h5-6H,3-4H2,1-2H3,(H,11,13)(H,14,15). The summed E-state index contributed by atoms with van der Waals surface area (Å²) in [6.45, 7) is 2.61. The van der Waals surface area contributed by atoms with Crippen molar-refractivity contribution in [3.05, 3.63) is 16.1 Å². The van der Waals surface area contributed by atoms with Gasteiger partial charge in [0.1, 0.15) is 0 Å². The number of carboxylic acid groups (broad SMARTS) is 1. The molecule has 17 heavy (non-hydrogen) atoms. The zero-order valence-corrected chi connectivity index (χ0v) is 11.2. The number of hydrogen-bond donors (Lipinski definition) is 2. The maximum atomic E-state index is 11.6. The van der Waals surface area contributed by atoms with Gasteiger partial charge >= 0.3 is 5.97 Å². The van der Waals surface area contributed by atoms with Crippen LogP contribution in [0.5, 0.6) is 0 Å². The fourth-order valence-electron chi connectivity index (χ4n) is 1.16. The van der Waals surface area contributed by atoms with Crippen molar-refractivity contribution in [3.8, 4) is 0 Å². The number of carboxylic acids is 1. The van der Waals surface area contributed by atoms with E-state index in [1.807, 2.05) is 13.2 Å². The fraction of sp³-hybridized carbons (Fsp3) is 0.500. The van der Waals surface area contributed by atoms with E-state index < -0.39 is 5.97 Å². The maximum Gasteiger partial charge on any atom is 0.355 e. The molecule has 94 valence electrons. The minimum atomic E-state index is -1.11. The van der Waals surface area contributed by atoms with Gasteiger partial charge in [0.2, 0.25) is 0 Å². The molecule has 0 aliphatic rings. The number of aromatic carboxylic acids is 1. The number of rotatable bonds is 6. The Morgan fingerprint density at radius 2 is 2.35 bits per heavy atom. The van der Waals surface area contributed by atoms with Crippen molar-refractivity contribution in [1.29, 1.82) is 0 Å². The van der Waals surface area contributed by atoms with Crippen LogP contribution in [0.2, 0.25) is 0 Å². The Morgan fingerprint density at radius 1 is 1.65 bits per heavy atom. The molecule has 1 amide bonds. The topological polar surface area (TPSA) is 79.3 Å². The lowest BCUT2D eigenvalue weighted by Crippen LogP contribution is -2.29. The maximum absolute atomic E-state index is 11.6. The second-order valence-electron chi connectivity index (χ2n) is 3.61. The van der Waals surface area contributed by atoms with E-state index in [2.05, 4.69) is 10.3 Å². The quantitative estimate of drug-likeness (QED) is 0.823. The van der Waals surface area contributed by atoms with E-state index in [0.717, 1.165) is 17.1 Å². The van der Waals surface area contributed by atoms with Gasteiger partial charge in [-0.15, -0.1) is 11.3 Å². The third-order valence-electron chi connectivity index (χ3n) is 1.98. The van der Waals surface area contributed by atoms with Gasteiger partial charge in [-0.2, -0.15) is 11.8 Å². The molecule has 0 radical (unpaired) electrons. The van der Waals surface area contributed by atoms with Gasteiger partial charge in [0.25, 0.3) is 5.91 Å². The van der Waals surface area contributed by atoms with Gasteiger partial charge < -0.3 is 10.4 Å². The third kappa shape index (κ3) is 4.35. The first kappa shape index (κ1) is 14.0. The summed E-state index contributed by atoms with van der Waals surface area (Å²) < 4.78 is 0. The number of thiazole rings is 1. The average molecular weight is 274 g/mol. The minimum absolute atomic E-state index is 0.0858. The number of carbonyl (C=O) groups excluding carboxylic acids is 1. The van der Waals surface area contributed by atoms with E-state index in [1.54, 1.807) is 11.8 Å². The van der Waals surface area contributed by atoms with Crippen molar-refractivity contribution in [3.63, 3.8) is 0 Å². The molecule has 0 bridgehead atoms. The molecular weight excluding hydrogens is 260 g/mol. The first-order valence-electron chi connectivity index (χ1n) is 5.00. The zero-order valence-electron chi connectivity index (χ0n) is 9.60. The first-order chi connectivity index (χ1) is 8.04. The summed E-state index contributed by atoms with van der Waals surface area (Å²) in [7, 11) is 0. The summed E-state index contributed by atoms with van der Waals surface area (Å²) in [6.07, 6.45) is 2.01. The minimum Gasteiger partial charge on any atom is -0.476 e. The Hall–Kier alpha value is -1.08. The molecule has 2 N–H and O–H groups in total. The lowest BCUT2D eigenvalue weighted by atomic mass is 10.2. The number of aromatic nitrogens is 1. The number of amides is 1. The van der Waals surface area contributed by atoms with Crippen LogP contribution in [0.25, 0.3) is 0 Å². The molecule has 0 aliphatic heterocycles. The Morgan fingerprint density at radius 3 is 2.88 bits per heavy atom. The monoisotopic (exact) mass is 274 g/mol. The Bertz CT molecular complexity index is 406. The van der Waals surface area contributed by atoms with Crippen LogP contribution in [0.4, 0.5) is 0 Å². The summed E-state index contributed by atoms with van der Waals surface area (Å²) in [6, 6.07) is 0. The summed E-state index contributed by atoms with van der Waals surface area (Å²) in [5.41, 5.74) is -0.0858. The third-order valence-corrected chi connectivity index (χ3v) is 3.72. The number of nitrogens with zero attached hydrogens (tertiary/aromatic N) is 1. The van der Waals surface area contributed by atoms with Crippen molar-refractivity contribution in [2.75, 3.05) is 18.6 Å². The van der Waals surface area contributed by atoms with E-state index in [-0.39, 0.29) is 16.6 Å². The van der Waals surface area contributed by atoms with Crippen molar-refractivity contribution in [2.45, 2.75) is 6.92 Å². The molecule has 0 aromatic carbocycles. The van der Waals surface area contributed by atoms with Crippen molar-refractivity contribution in [2.24, 2.45) is 5.92 Å². The van der Waals surface area contributed by atoms with Gasteiger partial charge in [0.05, 0.1) is 0 Å². The smallest absolute Gasteiger partial charge is 0.355 e. The predicted octanol–water partition coefficient (Wildman–Crippen LogP) is 1.57. The number of thioether (sulfide) groups is 1. The molecule has 7 heteroatoms. The second kappa shape index (κ2) is 6.61. The van der Waals surface area contributed by atoms with Gasteiger partial charge in [0.15, 0.2) is 10.7 Å². The molecule has 0 aliphatic carbocycles. The van der Waals surface area contributed by atoms with Crippen LogP contribution in [0, 0.1) is 5.92 Å². The first-order valence-corrected chi connectivity index (χ1v) is 7.28. The predicted molar refractivity (Wildman–Crippen MR) is 69.0 cm³/mol. The highest BCUT2D eigenvalue weighted by atomic mass is 32.2. The summed E-state index contributed by atoms with van der Waals surface area (Å²) in [5.74, 6) is -0.0715. The molecule has 0 fully saturated rings. The van der Waals surface area contributed by atoms with Crippen LogP contribution in [0.1, 0.15) is 27.2 Å². The lowest BCUT2D eigenvalue weighted by molar-refractivity contribution is 0.0691. The highest BCUT2D eigenvalue weighted by Crippen LogP contribution is 2.10.